The lowest BCUT2D eigenvalue weighted by Crippen LogP contribution is -2.17. The largest absolute Gasteiger partial charge is 0.496 e. The standard InChI is InChI=1S/C17H17BrN2O4/c1-22-14-9-16(24-3)15(23-2)8-12(14)10-19-20-17(21)11-5-4-6-13(18)7-11/h4-10H,1-3H3,(H,20,21). The van der Waals surface area contributed by atoms with Gasteiger partial charge in [-0.3, -0.25) is 4.79 Å². The van der Waals surface area contributed by atoms with Gasteiger partial charge in [0.15, 0.2) is 11.5 Å². The fourth-order valence-corrected chi connectivity index (χ4v) is 2.41. The molecule has 0 bridgehead atoms. The van der Waals surface area contributed by atoms with Crippen molar-refractivity contribution < 1.29 is 19.0 Å². The summed E-state index contributed by atoms with van der Waals surface area (Å²) < 4.78 is 16.6. The molecule has 1 amide bonds. The summed E-state index contributed by atoms with van der Waals surface area (Å²) in [6.45, 7) is 0. The van der Waals surface area contributed by atoms with Gasteiger partial charge in [-0.05, 0) is 24.3 Å². The van der Waals surface area contributed by atoms with Crippen LogP contribution >= 0.6 is 15.9 Å². The SMILES string of the molecule is COc1cc(OC)c(OC)cc1C=NNC(=O)c1cccc(Br)c1. The van der Waals surface area contributed by atoms with E-state index in [2.05, 4.69) is 26.5 Å². The predicted molar refractivity (Wildman–Crippen MR) is 95.3 cm³/mol. The van der Waals surface area contributed by atoms with E-state index < -0.39 is 0 Å². The third-order valence-corrected chi connectivity index (χ3v) is 3.69. The monoisotopic (exact) mass is 392 g/mol. The Balaban J connectivity index is 2.17. The number of amides is 1. The number of nitrogens with zero attached hydrogens (tertiary/aromatic N) is 1. The summed E-state index contributed by atoms with van der Waals surface area (Å²) in [5, 5.41) is 3.97. The number of methoxy groups -OCH3 is 3. The maximum atomic E-state index is 12.0. The maximum absolute atomic E-state index is 12.0. The Hall–Kier alpha value is -2.54. The first-order valence-electron chi connectivity index (χ1n) is 6.98. The molecule has 0 saturated carbocycles. The quantitative estimate of drug-likeness (QED) is 0.605. The molecule has 0 radical (unpaired) electrons. The van der Waals surface area contributed by atoms with Crippen LogP contribution in [0.5, 0.6) is 17.2 Å². The smallest absolute Gasteiger partial charge is 0.271 e. The van der Waals surface area contributed by atoms with Crippen LogP contribution in [-0.2, 0) is 0 Å². The van der Waals surface area contributed by atoms with E-state index in [0.29, 0.717) is 28.4 Å². The van der Waals surface area contributed by atoms with E-state index >= 15 is 0 Å². The normalized spacial score (nSPS) is 10.5. The summed E-state index contributed by atoms with van der Waals surface area (Å²) in [4.78, 5) is 12.0. The second-order valence-electron chi connectivity index (χ2n) is 4.66. The lowest BCUT2D eigenvalue weighted by molar-refractivity contribution is 0.0955. The minimum Gasteiger partial charge on any atom is -0.496 e. The van der Waals surface area contributed by atoms with E-state index in [-0.39, 0.29) is 5.91 Å². The third-order valence-electron chi connectivity index (χ3n) is 3.19. The highest BCUT2D eigenvalue weighted by Gasteiger charge is 2.10. The van der Waals surface area contributed by atoms with E-state index in [0.717, 1.165) is 4.47 Å². The minimum atomic E-state index is -0.313. The number of hydrazone groups is 1. The van der Waals surface area contributed by atoms with Crippen LogP contribution < -0.4 is 19.6 Å². The van der Waals surface area contributed by atoms with Crippen molar-refractivity contribution in [2.75, 3.05) is 21.3 Å². The van der Waals surface area contributed by atoms with Crippen molar-refractivity contribution >= 4 is 28.1 Å². The number of hydrogen-bond donors (Lipinski definition) is 1. The van der Waals surface area contributed by atoms with E-state index in [4.69, 9.17) is 14.2 Å². The Morgan fingerprint density at radius 2 is 1.71 bits per heavy atom. The first kappa shape index (κ1) is 17.8. The Kier molecular flexibility index (Phi) is 6.20. The molecule has 0 aliphatic rings. The molecule has 7 heteroatoms. The van der Waals surface area contributed by atoms with Gasteiger partial charge in [0.2, 0.25) is 0 Å². The number of carbonyl (C=O) groups excluding carboxylic acids is 1. The zero-order valence-corrected chi connectivity index (χ0v) is 15.1. The van der Waals surface area contributed by atoms with Crippen LogP contribution in [0.4, 0.5) is 0 Å². The van der Waals surface area contributed by atoms with Crippen molar-refractivity contribution in [1.29, 1.82) is 0 Å². The first-order valence-corrected chi connectivity index (χ1v) is 7.77. The van der Waals surface area contributed by atoms with Gasteiger partial charge >= 0.3 is 0 Å². The Morgan fingerprint density at radius 1 is 1.04 bits per heavy atom. The van der Waals surface area contributed by atoms with Crippen molar-refractivity contribution in [2.45, 2.75) is 0 Å². The van der Waals surface area contributed by atoms with E-state index in [1.54, 1.807) is 51.7 Å². The number of carbonyl (C=O) groups is 1. The second-order valence-corrected chi connectivity index (χ2v) is 5.57. The molecule has 1 N–H and O–H groups in total. The lowest BCUT2D eigenvalue weighted by atomic mass is 10.2. The summed E-state index contributed by atoms with van der Waals surface area (Å²) >= 11 is 3.32. The van der Waals surface area contributed by atoms with E-state index in [1.807, 2.05) is 6.07 Å². The number of nitrogens with one attached hydrogen (secondary N) is 1. The van der Waals surface area contributed by atoms with Crippen molar-refractivity contribution in [1.82, 2.24) is 5.43 Å². The molecular formula is C17H17BrN2O4. The van der Waals surface area contributed by atoms with Gasteiger partial charge in [0, 0.05) is 21.7 Å². The van der Waals surface area contributed by atoms with Gasteiger partial charge in [-0.15, -0.1) is 0 Å². The van der Waals surface area contributed by atoms with Crippen LogP contribution in [0, 0.1) is 0 Å². The number of hydrogen-bond acceptors (Lipinski definition) is 5. The topological polar surface area (TPSA) is 69.2 Å². The van der Waals surface area contributed by atoms with Gasteiger partial charge in [0.1, 0.15) is 5.75 Å². The zero-order chi connectivity index (χ0) is 17.5. The van der Waals surface area contributed by atoms with Crippen molar-refractivity contribution in [3.8, 4) is 17.2 Å². The molecule has 0 unspecified atom stereocenters. The number of ether oxygens (including phenoxy) is 3. The summed E-state index contributed by atoms with van der Waals surface area (Å²) in [5.41, 5.74) is 3.62. The Labute approximate surface area is 148 Å². The average molecular weight is 393 g/mol. The molecule has 2 aromatic rings. The lowest BCUT2D eigenvalue weighted by Gasteiger charge is -2.11. The molecule has 126 valence electrons. The molecule has 24 heavy (non-hydrogen) atoms. The Bertz CT molecular complexity index is 762. The molecule has 0 aliphatic carbocycles. The second kappa shape index (κ2) is 8.35. The van der Waals surface area contributed by atoms with Gasteiger partial charge in [0.05, 0.1) is 27.5 Å². The Morgan fingerprint density at radius 3 is 2.33 bits per heavy atom. The summed E-state index contributed by atoms with van der Waals surface area (Å²) in [6.07, 6.45) is 1.48. The summed E-state index contributed by atoms with van der Waals surface area (Å²) in [7, 11) is 4.63. The van der Waals surface area contributed by atoms with Crippen LogP contribution in [0.15, 0.2) is 46.0 Å². The fraction of sp³-hybridized carbons (Fsp3) is 0.176. The highest BCUT2D eigenvalue weighted by atomic mass is 79.9. The molecule has 0 spiro atoms. The van der Waals surface area contributed by atoms with Crippen LogP contribution in [0.2, 0.25) is 0 Å². The summed E-state index contributed by atoms with van der Waals surface area (Å²) in [6, 6.07) is 10.4. The third kappa shape index (κ3) is 4.26. The zero-order valence-electron chi connectivity index (χ0n) is 13.5. The highest BCUT2D eigenvalue weighted by Crippen LogP contribution is 2.33. The molecule has 2 aromatic carbocycles. The molecular weight excluding hydrogens is 376 g/mol. The molecule has 0 fully saturated rings. The molecule has 6 nitrogen and oxygen atoms in total. The molecule has 0 saturated heterocycles. The molecule has 0 aromatic heterocycles. The van der Waals surface area contributed by atoms with Gasteiger partial charge in [-0.25, -0.2) is 5.43 Å². The van der Waals surface area contributed by atoms with Crippen LogP contribution in [0.25, 0.3) is 0 Å². The van der Waals surface area contributed by atoms with Crippen molar-refractivity contribution in [3.63, 3.8) is 0 Å². The van der Waals surface area contributed by atoms with Gasteiger partial charge in [-0.1, -0.05) is 22.0 Å². The van der Waals surface area contributed by atoms with Gasteiger partial charge < -0.3 is 14.2 Å². The van der Waals surface area contributed by atoms with Gasteiger partial charge in [-0.2, -0.15) is 5.10 Å². The van der Waals surface area contributed by atoms with Crippen LogP contribution in [0.3, 0.4) is 0 Å². The van der Waals surface area contributed by atoms with Crippen LogP contribution in [-0.4, -0.2) is 33.5 Å². The van der Waals surface area contributed by atoms with Crippen molar-refractivity contribution in [2.24, 2.45) is 5.10 Å². The predicted octanol–water partition coefficient (Wildman–Crippen LogP) is 3.24. The summed E-state index contributed by atoms with van der Waals surface area (Å²) in [5.74, 6) is 1.32. The highest BCUT2D eigenvalue weighted by molar-refractivity contribution is 9.10. The van der Waals surface area contributed by atoms with E-state index in [9.17, 15) is 4.79 Å². The number of rotatable bonds is 6. The van der Waals surface area contributed by atoms with Gasteiger partial charge in [0.25, 0.3) is 5.91 Å². The van der Waals surface area contributed by atoms with Crippen molar-refractivity contribution in [3.05, 3.63) is 52.0 Å². The van der Waals surface area contributed by atoms with Crippen LogP contribution in [0.1, 0.15) is 15.9 Å². The molecule has 0 heterocycles. The number of halogens is 1. The maximum Gasteiger partial charge on any atom is 0.271 e. The fourth-order valence-electron chi connectivity index (χ4n) is 2.01. The average Bonchev–Trinajstić information content (AvgIpc) is 2.61. The molecule has 0 aliphatic heterocycles. The molecule has 2 rings (SSSR count). The number of benzene rings is 2. The first-order chi connectivity index (χ1) is 11.6. The molecule has 0 atom stereocenters. The minimum absolute atomic E-state index is 0.313. The van der Waals surface area contributed by atoms with E-state index in [1.165, 1.54) is 6.21 Å².